The van der Waals surface area contributed by atoms with E-state index in [4.69, 9.17) is 4.74 Å². The van der Waals surface area contributed by atoms with E-state index >= 15 is 0 Å². The summed E-state index contributed by atoms with van der Waals surface area (Å²) in [6.07, 6.45) is 0.915. The molecule has 0 aromatic heterocycles. The molecule has 1 saturated heterocycles. The second-order valence-corrected chi connectivity index (χ2v) is 8.22. The minimum Gasteiger partial charge on any atom is -0.493 e. The number of nitrogens with one attached hydrogen (secondary N) is 1. The van der Waals surface area contributed by atoms with Crippen molar-refractivity contribution in [1.29, 1.82) is 0 Å². The molecule has 0 saturated carbocycles. The Balaban J connectivity index is 2.03. The molecule has 0 spiro atoms. The third-order valence-corrected chi connectivity index (χ3v) is 6.46. The molecule has 0 bridgehead atoms. The lowest BCUT2D eigenvalue weighted by Gasteiger charge is -2.29. The number of nitrogens with zero attached hydrogens (tertiary/aromatic N) is 1. The molecule has 2 aromatic rings. The number of hydrogen-bond acceptors (Lipinski definition) is 3. The van der Waals surface area contributed by atoms with E-state index in [1.54, 1.807) is 16.4 Å². The van der Waals surface area contributed by atoms with Gasteiger partial charge in [0.1, 0.15) is 5.75 Å². The molecule has 0 unspecified atom stereocenters. The molecule has 6 heteroatoms. The second kappa shape index (κ2) is 7.09. The summed E-state index contributed by atoms with van der Waals surface area (Å²) < 4.78 is 33.6. The standard InChI is InChI=1S/C18H24N2O3S/c1-3-14-23-17-8-9-18(16-7-5-4-6-15(16)17)24(21,22)20-12-10-19(2)11-13-20/h4-9H,3,10-14H2,1-2H3/p+1. The largest absolute Gasteiger partial charge is 0.493 e. The van der Waals surface area contributed by atoms with E-state index in [9.17, 15) is 8.42 Å². The quantitative estimate of drug-likeness (QED) is 0.881. The molecule has 2 aromatic carbocycles. The SMILES string of the molecule is CCCOc1ccc(S(=O)(=O)N2CC[NH+](C)CC2)c2ccccc12. The fourth-order valence-corrected chi connectivity index (χ4v) is 4.69. The van der Waals surface area contributed by atoms with Crippen molar-refractivity contribution in [1.82, 2.24) is 4.31 Å². The Morgan fingerprint density at radius 1 is 1.08 bits per heavy atom. The van der Waals surface area contributed by atoms with Crippen molar-refractivity contribution in [3.8, 4) is 5.75 Å². The van der Waals surface area contributed by atoms with Crippen molar-refractivity contribution >= 4 is 20.8 Å². The molecule has 0 amide bonds. The van der Waals surface area contributed by atoms with E-state index in [1.807, 2.05) is 24.3 Å². The molecule has 0 radical (unpaired) electrons. The van der Waals surface area contributed by atoms with Gasteiger partial charge in [-0.25, -0.2) is 8.42 Å². The predicted molar refractivity (Wildman–Crippen MR) is 95.1 cm³/mol. The molecule has 0 aliphatic carbocycles. The third kappa shape index (κ3) is 3.27. The average Bonchev–Trinajstić information content (AvgIpc) is 2.60. The van der Waals surface area contributed by atoms with Crippen molar-refractivity contribution in [2.24, 2.45) is 0 Å². The van der Waals surface area contributed by atoms with E-state index in [1.165, 1.54) is 4.90 Å². The molecule has 24 heavy (non-hydrogen) atoms. The van der Waals surface area contributed by atoms with Gasteiger partial charge in [0.05, 0.1) is 44.7 Å². The van der Waals surface area contributed by atoms with E-state index < -0.39 is 10.0 Å². The van der Waals surface area contributed by atoms with Gasteiger partial charge in [-0.15, -0.1) is 0 Å². The first kappa shape index (κ1) is 17.2. The number of fused-ring (bicyclic) bond motifs is 1. The number of likely N-dealkylation sites (N-methyl/N-ethyl adjacent to an activating group) is 1. The van der Waals surface area contributed by atoms with Crippen LogP contribution in [0.5, 0.6) is 5.75 Å². The fourth-order valence-electron chi connectivity index (χ4n) is 3.05. The van der Waals surface area contributed by atoms with E-state index in [0.717, 1.165) is 36.0 Å². The van der Waals surface area contributed by atoms with Crippen molar-refractivity contribution < 1.29 is 18.1 Å². The first-order chi connectivity index (χ1) is 11.5. The Morgan fingerprint density at radius 3 is 2.42 bits per heavy atom. The smallest absolute Gasteiger partial charge is 0.244 e. The Hall–Kier alpha value is -1.63. The highest BCUT2D eigenvalue weighted by atomic mass is 32.2. The molecule has 130 valence electrons. The Kier molecular flexibility index (Phi) is 5.08. The van der Waals surface area contributed by atoms with Gasteiger partial charge >= 0.3 is 0 Å². The number of quaternary nitrogens is 1. The Bertz CT molecular complexity index is 812. The maximum Gasteiger partial charge on any atom is 0.244 e. The lowest BCUT2D eigenvalue weighted by Crippen LogP contribution is -3.12. The summed E-state index contributed by atoms with van der Waals surface area (Å²) in [6, 6.07) is 11.0. The topological polar surface area (TPSA) is 51.1 Å². The zero-order chi connectivity index (χ0) is 17.2. The van der Waals surface area contributed by atoms with Crippen LogP contribution in [0.2, 0.25) is 0 Å². The molecule has 1 aliphatic heterocycles. The van der Waals surface area contributed by atoms with Crippen LogP contribution in [0.15, 0.2) is 41.3 Å². The number of rotatable bonds is 5. The van der Waals surface area contributed by atoms with Gasteiger partial charge in [0.25, 0.3) is 0 Å². The van der Waals surface area contributed by atoms with Crippen LogP contribution in [-0.4, -0.2) is 52.6 Å². The molecule has 1 heterocycles. The van der Waals surface area contributed by atoms with E-state index in [2.05, 4.69) is 14.0 Å². The summed E-state index contributed by atoms with van der Waals surface area (Å²) in [7, 11) is -1.39. The summed E-state index contributed by atoms with van der Waals surface area (Å²) in [5.74, 6) is 0.745. The van der Waals surface area contributed by atoms with Crippen LogP contribution >= 0.6 is 0 Å². The van der Waals surface area contributed by atoms with Gasteiger partial charge in [0.15, 0.2) is 0 Å². The van der Waals surface area contributed by atoms with Crippen LogP contribution < -0.4 is 9.64 Å². The molecular formula is C18H25N2O3S+. The van der Waals surface area contributed by atoms with Gasteiger partial charge < -0.3 is 9.64 Å². The van der Waals surface area contributed by atoms with Gasteiger partial charge in [0.2, 0.25) is 10.0 Å². The highest BCUT2D eigenvalue weighted by molar-refractivity contribution is 7.89. The van der Waals surface area contributed by atoms with E-state index in [-0.39, 0.29) is 0 Å². The summed E-state index contributed by atoms with van der Waals surface area (Å²) in [4.78, 5) is 1.75. The zero-order valence-corrected chi connectivity index (χ0v) is 15.1. The van der Waals surface area contributed by atoms with Crippen LogP contribution in [-0.2, 0) is 10.0 Å². The van der Waals surface area contributed by atoms with Crippen LogP contribution in [0.3, 0.4) is 0 Å². The van der Waals surface area contributed by atoms with Crippen LogP contribution in [0.25, 0.3) is 10.8 Å². The van der Waals surface area contributed by atoms with Gasteiger partial charge in [-0.3, -0.25) is 0 Å². The van der Waals surface area contributed by atoms with Crippen molar-refractivity contribution in [2.45, 2.75) is 18.2 Å². The molecule has 5 nitrogen and oxygen atoms in total. The molecule has 0 atom stereocenters. The van der Waals surface area contributed by atoms with Crippen molar-refractivity contribution in [3.05, 3.63) is 36.4 Å². The summed E-state index contributed by atoms with van der Waals surface area (Å²) in [5.41, 5.74) is 0. The lowest BCUT2D eigenvalue weighted by atomic mass is 10.1. The number of ether oxygens (including phenoxy) is 1. The molecular weight excluding hydrogens is 324 g/mol. The average molecular weight is 349 g/mol. The first-order valence-corrected chi connectivity index (χ1v) is 9.94. The van der Waals surface area contributed by atoms with Gasteiger partial charge in [-0.05, 0) is 18.6 Å². The molecule has 1 aliphatic rings. The fraction of sp³-hybridized carbons (Fsp3) is 0.444. The third-order valence-electron chi connectivity index (χ3n) is 4.50. The summed E-state index contributed by atoms with van der Waals surface area (Å²) in [6.45, 7) is 5.49. The first-order valence-electron chi connectivity index (χ1n) is 8.50. The predicted octanol–water partition coefficient (Wildman–Crippen LogP) is 1.15. The maximum absolute atomic E-state index is 13.1. The number of sulfonamides is 1. The number of benzene rings is 2. The van der Waals surface area contributed by atoms with Gasteiger partial charge in [-0.2, -0.15) is 4.31 Å². The molecule has 3 rings (SSSR count). The highest BCUT2D eigenvalue weighted by Gasteiger charge is 2.30. The van der Waals surface area contributed by atoms with Gasteiger partial charge in [0, 0.05) is 10.8 Å². The highest BCUT2D eigenvalue weighted by Crippen LogP contribution is 2.32. The van der Waals surface area contributed by atoms with Gasteiger partial charge in [-0.1, -0.05) is 31.2 Å². The number of piperazine rings is 1. The normalized spacial score (nSPS) is 17.2. The van der Waals surface area contributed by atoms with Crippen LogP contribution in [0.4, 0.5) is 0 Å². The Morgan fingerprint density at radius 2 is 1.75 bits per heavy atom. The van der Waals surface area contributed by atoms with Crippen molar-refractivity contribution in [2.75, 3.05) is 39.8 Å². The van der Waals surface area contributed by atoms with Crippen LogP contribution in [0, 0.1) is 0 Å². The summed E-state index contributed by atoms with van der Waals surface area (Å²) in [5, 5.41) is 1.59. The minimum absolute atomic E-state index is 0.376. The Labute approximate surface area is 143 Å². The number of hydrogen-bond donors (Lipinski definition) is 1. The van der Waals surface area contributed by atoms with Crippen LogP contribution in [0.1, 0.15) is 13.3 Å². The van der Waals surface area contributed by atoms with E-state index in [0.29, 0.717) is 24.6 Å². The lowest BCUT2D eigenvalue weighted by molar-refractivity contribution is -0.883. The second-order valence-electron chi connectivity index (χ2n) is 6.32. The maximum atomic E-state index is 13.1. The van der Waals surface area contributed by atoms with Crippen molar-refractivity contribution in [3.63, 3.8) is 0 Å². The zero-order valence-electron chi connectivity index (χ0n) is 14.3. The molecule has 1 fully saturated rings. The minimum atomic E-state index is -3.48. The molecule has 1 N–H and O–H groups in total. The summed E-state index contributed by atoms with van der Waals surface area (Å²) >= 11 is 0. The monoisotopic (exact) mass is 349 g/mol.